The summed E-state index contributed by atoms with van der Waals surface area (Å²) in [5.74, 6) is -0.457. The van der Waals surface area contributed by atoms with Gasteiger partial charge in [0.15, 0.2) is 0 Å². The first-order chi connectivity index (χ1) is 16.3. The van der Waals surface area contributed by atoms with E-state index in [4.69, 9.17) is 26.4 Å². The van der Waals surface area contributed by atoms with E-state index in [1.165, 1.54) is 12.1 Å². The van der Waals surface area contributed by atoms with Crippen LogP contribution in [0.1, 0.15) is 19.4 Å². The molecule has 1 saturated heterocycles. The lowest BCUT2D eigenvalue weighted by Gasteiger charge is -2.37. The van der Waals surface area contributed by atoms with E-state index < -0.39 is 11.8 Å². The van der Waals surface area contributed by atoms with Crippen molar-refractivity contribution in [3.05, 3.63) is 71.1 Å². The van der Waals surface area contributed by atoms with E-state index in [1.807, 2.05) is 38.1 Å². The predicted molar refractivity (Wildman–Crippen MR) is 131 cm³/mol. The molecule has 9 heteroatoms. The largest absolute Gasteiger partial charge is 0.478 e. The Morgan fingerprint density at radius 1 is 1.24 bits per heavy atom. The predicted octanol–water partition coefficient (Wildman–Crippen LogP) is 5.39. The van der Waals surface area contributed by atoms with E-state index in [1.54, 1.807) is 18.3 Å². The van der Waals surface area contributed by atoms with Crippen LogP contribution in [0.3, 0.4) is 0 Å². The van der Waals surface area contributed by atoms with Gasteiger partial charge in [0.1, 0.15) is 11.6 Å². The van der Waals surface area contributed by atoms with E-state index in [9.17, 15) is 9.18 Å². The van der Waals surface area contributed by atoms with E-state index in [0.29, 0.717) is 30.5 Å². The zero-order valence-corrected chi connectivity index (χ0v) is 19.5. The Labute approximate surface area is 201 Å². The topological polar surface area (TPSA) is 87.6 Å². The highest BCUT2D eigenvalue weighted by Crippen LogP contribution is 2.33. The molecule has 2 atom stereocenters. The molecule has 0 aliphatic carbocycles. The molecule has 1 aliphatic heterocycles. The van der Waals surface area contributed by atoms with Crippen molar-refractivity contribution in [2.75, 3.05) is 23.3 Å². The molecule has 1 aromatic heterocycles. The maximum Gasteiger partial charge on any atom is 0.328 e. The maximum absolute atomic E-state index is 13.5. The van der Waals surface area contributed by atoms with Crippen LogP contribution < -0.4 is 10.2 Å². The number of carboxylic acid groups (broad SMARTS) is 1. The number of nitrogens with one attached hydrogen (secondary N) is 1. The number of anilines is 3. The molecule has 2 N–H and O–H groups in total. The summed E-state index contributed by atoms with van der Waals surface area (Å²) in [7, 11) is 0. The van der Waals surface area contributed by atoms with Gasteiger partial charge in [-0.3, -0.25) is 0 Å². The van der Waals surface area contributed by atoms with Crippen LogP contribution in [0.15, 0.2) is 54.7 Å². The van der Waals surface area contributed by atoms with Crippen molar-refractivity contribution in [2.45, 2.75) is 26.1 Å². The van der Waals surface area contributed by atoms with Crippen molar-refractivity contribution in [2.24, 2.45) is 0 Å². The molecule has 3 aromatic rings. The zero-order chi connectivity index (χ0) is 24.2. The highest BCUT2D eigenvalue weighted by atomic mass is 35.5. The van der Waals surface area contributed by atoms with Crippen LogP contribution in [0.5, 0.6) is 0 Å². The van der Waals surface area contributed by atoms with Gasteiger partial charge in [-0.1, -0.05) is 29.8 Å². The number of carboxylic acids is 1. The minimum atomic E-state index is -1.01. The molecule has 0 bridgehead atoms. The minimum Gasteiger partial charge on any atom is -0.478 e. The summed E-state index contributed by atoms with van der Waals surface area (Å²) >= 11 is 5.91. The van der Waals surface area contributed by atoms with Gasteiger partial charge >= 0.3 is 5.97 Å². The molecule has 1 fully saturated rings. The molecular formula is C25H24ClFN4O3. The van der Waals surface area contributed by atoms with Crippen LogP contribution >= 0.6 is 11.6 Å². The van der Waals surface area contributed by atoms with Crippen LogP contribution in [0.4, 0.5) is 21.8 Å². The number of hydrogen-bond acceptors (Lipinski definition) is 6. The van der Waals surface area contributed by atoms with Crippen molar-refractivity contribution in [3.8, 4) is 11.1 Å². The number of carbonyl (C=O) groups is 1. The summed E-state index contributed by atoms with van der Waals surface area (Å²) in [6, 6.07) is 11.8. The average molecular weight is 483 g/mol. The van der Waals surface area contributed by atoms with Crippen molar-refractivity contribution in [1.82, 2.24) is 9.97 Å². The Balaban J connectivity index is 1.74. The summed E-state index contributed by atoms with van der Waals surface area (Å²) < 4.78 is 19.4. The van der Waals surface area contributed by atoms with Crippen molar-refractivity contribution in [1.29, 1.82) is 0 Å². The molecule has 176 valence electrons. The number of morpholine rings is 1. The first-order valence-electron chi connectivity index (χ1n) is 10.8. The minimum absolute atomic E-state index is 0.00361. The fourth-order valence-corrected chi connectivity index (χ4v) is 4.09. The molecule has 1 aliphatic rings. The summed E-state index contributed by atoms with van der Waals surface area (Å²) in [4.78, 5) is 22.3. The Hall–Kier alpha value is -3.49. The number of nitrogens with zero attached hydrogens (tertiary/aromatic N) is 3. The standard InChI is InChI=1S/C25H24ClFN4O3/c1-15-13-31(14-16(2)34-15)24-20(18-5-3-4-17(10-18)6-9-23(32)33)12-28-25(30-24)29-19-7-8-22(27)21(26)11-19/h3-12,15-16H,13-14H2,1-2H3,(H,32,33)(H,28,29,30)/b9-6+. The molecule has 2 unspecified atom stereocenters. The van der Waals surface area contributed by atoms with Gasteiger partial charge in [-0.05, 0) is 55.3 Å². The molecule has 7 nitrogen and oxygen atoms in total. The highest BCUT2D eigenvalue weighted by Gasteiger charge is 2.26. The number of rotatable bonds is 6. The van der Waals surface area contributed by atoms with Crippen molar-refractivity contribution < 1.29 is 19.0 Å². The number of aliphatic carboxylic acids is 1. The summed E-state index contributed by atoms with van der Waals surface area (Å²) in [5, 5.41) is 12.0. The Morgan fingerprint density at radius 2 is 2.00 bits per heavy atom. The molecule has 2 heterocycles. The van der Waals surface area contributed by atoms with E-state index in [2.05, 4.69) is 15.2 Å². The zero-order valence-electron chi connectivity index (χ0n) is 18.7. The second-order valence-corrected chi connectivity index (χ2v) is 8.55. The number of hydrogen-bond donors (Lipinski definition) is 2. The SMILES string of the molecule is CC1CN(c2nc(Nc3ccc(F)c(Cl)c3)ncc2-c2cccc(/C=C/C(=O)O)c2)CC(C)O1. The van der Waals surface area contributed by atoms with E-state index in [0.717, 1.165) is 22.8 Å². The van der Waals surface area contributed by atoms with E-state index in [-0.39, 0.29) is 17.2 Å². The summed E-state index contributed by atoms with van der Waals surface area (Å²) in [6.07, 6.45) is 4.40. The number of aromatic nitrogens is 2. The second kappa shape index (κ2) is 10.2. The van der Waals surface area contributed by atoms with Crippen LogP contribution in [0.2, 0.25) is 5.02 Å². The Morgan fingerprint density at radius 3 is 2.71 bits per heavy atom. The lowest BCUT2D eigenvalue weighted by molar-refractivity contribution is -0.131. The third-order valence-electron chi connectivity index (χ3n) is 5.28. The van der Waals surface area contributed by atoms with Gasteiger partial charge in [0.25, 0.3) is 0 Å². The third kappa shape index (κ3) is 5.70. The Kier molecular flexibility index (Phi) is 7.09. The fraction of sp³-hybridized carbons (Fsp3) is 0.240. The quantitative estimate of drug-likeness (QED) is 0.455. The summed E-state index contributed by atoms with van der Waals surface area (Å²) in [5.41, 5.74) is 2.97. The van der Waals surface area contributed by atoms with Crippen molar-refractivity contribution in [3.63, 3.8) is 0 Å². The molecule has 0 amide bonds. The highest BCUT2D eigenvalue weighted by molar-refractivity contribution is 6.31. The number of benzene rings is 2. The van der Waals surface area contributed by atoms with Gasteiger partial charge in [0.05, 0.1) is 17.2 Å². The maximum atomic E-state index is 13.5. The molecule has 4 rings (SSSR count). The molecule has 0 saturated carbocycles. The fourth-order valence-electron chi connectivity index (χ4n) is 3.91. The second-order valence-electron chi connectivity index (χ2n) is 8.14. The molecule has 34 heavy (non-hydrogen) atoms. The summed E-state index contributed by atoms with van der Waals surface area (Å²) in [6.45, 7) is 5.32. The monoisotopic (exact) mass is 482 g/mol. The van der Waals surface area contributed by atoms with Gasteiger partial charge in [-0.15, -0.1) is 0 Å². The number of ether oxygens (including phenoxy) is 1. The average Bonchev–Trinajstić information content (AvgIpc) is 2.80. The smallest absolute Gasteiger partial charge is 0.328 e. The van der Waals surface area contributed by atoms with Gasteiger partial charge in [0, 0.05) is 36.6 Å². The van der Waals surface area contributed by atoms with Crippen LogP contribution in [0, 0.1) is 5.82 Å². The van der Waals surface area contributed by atoms with Gasteiger partial charge in [-0.25, -0.2) is 14.2 Å². The van der Waals surface area contributed by atoms with Crippen molar-refractivity contribution >= 4 is 41.1 Å². The Bertz CT molecular complexity index is 1230. The lowest BCUT2D eigenvalue weighted by atomic mass is 10.0. The van der Waals surface area contributed by atoms with Crippen LogP contribution in [-0.2, 0) is 9.53 Å². The van der Waals surface area contributed by atoms with E-state index >= 15 is 0 Å². The number of halogens is 2. The third-order valence-corrected chi connectivity index (χ3v) is 5.57. The van der Waals surface area contributed by atoms with Gasteiger partial charge < -0.3 is 20.1 Å². The molecular weight excluding hydrogens is 459 g/mol. The first kappa shape index (κ1) is 23.7. The normalized spacial score (nSPS) is 18.3. The molecule has 0 spiro atoms. The lowest BCUT2D eigenvalue weighted by Crippen LogP contribution is -2.46. The van der Waals surface area contributed by atoms with Gasteiger partial charge in [-0.2, -0.15) is 4.98 Å². The molecule has 2 aromatic carbocycles. The van der Waals surface area contributed by atoms with Crippen LogP contribution in [0.25, 0.3) is 17.2 Å². The van der Waals surface area contributed by atoms with Crippen LogP contribution in [-0.4, -0.2) is 46.3 Å². The van der Waals surface area contributed by atoms with Gasteiger partial charge in [0.2, 0.25) is 5.95 Å². The first-order valence-corrected chi connectivity index (χ1v) is 11.2. The molecule has 0 radical (unpaired) electrons.